The summed E-state index contributed by atoms with van der Waals surface area (Å²) < 4.78 is 0.785. The zero-order valence-corrected chi connectivity index (χ0v) is 16.6. The number of urea groups is 1. The standard InChI is InChI=1S/C19H21BrN4O3/c1-18(13-6-5-7-14(20)10-13)16(26)24(17(27)23-18)11-15(25)22-19(12-21)8-3-2-4-9-19/h5-7,10H,2-4,8-9,11H2,1H3,(H,22,25)(H,23,27). The average Bonchev–Trinajstić information content (AvgIpc) is 2.86. The molecule has 2 aliphatic rings. The topological polar surface area (TPSA) is 102 Å². The normalized spacial score (nSPS) is 24.3. The second-order valence-corrected chi connectivity index (χ2v) is 8.18. The summed E-state index contributed by atoms with van der Waals surface area (Å²) in [5.74, 6) is -0.990. The Morgan fingerprint density at radius 2 is 2.04 bits per heavy atom. The molecule has 0 aromatic heterocycles. The molecular formula is C19H21BrN4O3. The fourth-order valence-electron chi connectivity index (χ4n) is 3.71. The molecule has 1 saturated carbocycles. The minimum absolute atomic E-state index is 0.405. The van der Waals surface area contributed by atoms with E-state index >= 15 is 0 Å². The highest BCUT2D eigenvalue weighted by Gasteiger charge is 2.50. The maximum atomic E-state index is 12.9. The lowest BCUT2D eigenvalue weighted by molar-refractivity contribution is -0.135. The van der Waals surface area contributed by atoms with E-state index in [2.05, 4.69) is 32.6 Å². The predicted molar refractivity (Wildman–Crippen MR) is 101 cm³/mol. The van der Waals surface area contributed by atoms with Gasteiger partial charge in [-0.1, -0.05) is 47.3 Å². The number of carbonyl (C=O) groups is 3. The number of nitriles is 1. The SMILES string of the molecule is CC1(c2cccc(Br)c2)NC(=O)N(CC(=O)NC2(C#N)CCCCC2)C1=O. The number of rotatable bonds is 4. The van der Waals surface area contributed by atoms with Crippen LogP contribution in [0.2, 0.25) is 0 Å². The van der Waals surface area contributed by atoms with Crippen molar-refractivity contribution in [2.24, 2.45) is 0 Å². The first kappa shape index (κ1) is 19.4. The molecule has 27 heavy (non-hydrogen) atoms. The molecule has 1 unspecified atom stereocenters. The summed E-state index contributed by atoms with van der Waals surface area (Å²) in [7, 11) is 0. The van der Waals surface area contributed by atoms with Crippen molar-refractivity contribution in [2.75, 3.05) is 6.54 Å². The maximum absolute atomic E-state index is 12.9. The molecule has 1 heterocycles. The zero-order chi connectivity index (χ0) is 19.7. The molecule has 7 nitrogen and oxygen atoms in total. The summed E-state index contributed by atoms with van der Waals surface area (Å²) in [6.07, 6.45) is 3.96. The second-order valence-electron chi connectivity index (χ2n) is 7.26. The van der Waals surface area contributed by atoms with Crippen molar-refractivity contribution < 1.29 is 14.4 Å². The number of hydrogen-bond donors (Lipinski definition) is 2. The summed E-state index contributed by atoms with van der Waals surface area (Å²) in [5.41, 5.74) is -1.51. The number of carbonyl (C=O) groups excluding carboxylic acids is 3. The van der Waals surface area contributed by atoms with Gasteiger partial charge in [-0.15, -0.1) is 0 Å². The van der Waals surface area contributed by atoms with Crippen molar-refractivity contribution in [1.29, 1.82) is 5.26 Å². The number of amides is 4. The van der Waals surface area contributed by atoms with Crippen molar-refractivity contribution in [3.63, 3.8) is 0 Å². The molecule has 4 amide bonds. The van der Waals surface area contributed by atoms with Crippen LogP contribution in [0, 0.1) is 11.3 Å². The van der Waals surface area contributed by atoms with E-state index in [0.717, 1.165) is 28.6 Å². The van der Waals surface area contributed by atoms with Crippen LogP contribution in [0.3, 0.4) is 0 Å². The van der Waals surface area contributed by atoms with Crippen LogP contribution in [0.1, 0.15) is 44.6 Å². The molecule has 1 aromatic rings. The Labute approximate surface area is 166 Å². The Bertz CT molecular complexity index is 828. The Morgan fingerprint density at radius 1 is 1.33 bits per heavy atom. The van der Waals surface area contributed by atoms with Gasteiger partial charge in [0, 0.05) is 4.47 Å². The minimum Gasteiger partial charge on any atom is -0.336 e. The molecule has 0 radical (unpaired) electrons. The number of nitrogens with zero attached hydrogens (tertiary/aromatic N) is 2. The molecule has 3 rings (SSSR count). The van der Waals surface area contributed by atoms with Crippen molar-refractivity contribution in [3.05, 3.63) is 34.3 Å². The van der Waals surface area contributed by atoms with Crippen LogP contribution >= 0.6 is 15.9 Å². The number of benzene rings is 1. The zero-order valence-electron chi connectivity index (χ0n) is 15.0. The molecule has 2 N–H and O–H groups in total. The van der Waals surface area contributed by atoms with Crippen molar-refractivity contribution in [2.45, 2.75) is 50.1 Å². The fourth-order valence-corrected chi connectivity index (χ4v) is 4.11. The second kappa shape index (κ2) is 7.31. The van der Waals surface area contributed by atoms with Gasteiger partial charge in [0.15, 0.2) is 0 Å². The molecule has 1 saturated heterocycles. The maximum Gasteiger partial charge on any atom is 0.325 e. The first-order chi connectivity index (χ1) is 12.8. The van der Waals surface area contributed by atoms with Crippen molar-refractivity contribution >= 4 is 33.8 Å². The van der Waals surface area contributed by atoms with E-state index in [-0.39, 0.29) is 0 Å². The molecule has 1 aliphatic heterocycles. The number of hydrogen-bond acceptors (Lipinski definition) is 4. The summed E-state index contributed by atoms with van der Waals surface area (Å²) in [4.78, 5) is 38.7. The number of imide groups is 1. The average molecular weight is 433 g/mol. The molecule has 2 fully saturated rings. The highest BCUT2D eigenvalue weighted by atomic mass is 79.9. The van der Waals surface area contributed by atoms with E-state index in [0.29, 0.717) is 18.4 Å². The lowest BCUT2D eigenvalue weighted by atomic mass is 9.83. The molecule has 8 heteroatoms. The third-order valence-electron chi connectivity index (χ3n) is 5.28. The molecule has 1 aliphatic carbocycles. The van der Waals surface area contributed by atoms with Crippen molar-refractivity contribution in [3.8, 4) is 6.07 Å². The van der Waals surface area contributed by atoms with E-state index in [9.17, 15) is 19.6 Å². The van der Waals surface area contributed by atoms with Gasteiger partial charge in [-0.25, -0.2) is 4.79 Å². The highest BCUT2D eigenvalue weighted by Crippen LogP contribution is 2.31. The minimum atomic E-state index is -1.24. The summed E-state index contributed by atoms with van der Waals surface area (Å²) in [5, 5.41) is 14.9. The van der Waals surface area contributed by atoms with Crippen LogP contribution in [-0.4, -0.2) is 34.8 Å². The van der Waals surface area contributed by atoms with Crippen LogP contribution in [0.25, 0.3) is 0 Å². The van der Waals surface area contributed by atoms with E-state index in [1.54, 1.807) is 25.1 Å². The Hall–Kier alpha value is -2.40. The summed E-state index contributed by atoms with van der Waals surface area (Å²) >= 11 is 3.36. The van der Waals surface area contributed by atoms with E-state index in [1.165, 1.54) is 0 Å². The molecule has 0 spiro atoms. The largest absolute Gasteiger partial charge is 0.336 e. The van der Waals surface area contributed by atoms with Gasteiger partial charge in [0.05, 0.1) is 6.07 Å². The number of nitrogens with one attached hydrogen (secondary N) is 2. The molecule has 1 atom stereocenters. The number of halogens is 1. The van der Waals surface area contributed by atoms with E-state index in [1.807, 2.05) is 6.07 Å². The van der Waals surface area contributed by atoms with Gasteiger partial charge in [-0.3, -0.25) is 14.5 Å². The third kappa shape index (κ3) is 3.69. The van der Waals surface area contributed by atoms with Crippen LogP contribution in [0.4, 0.5) is 4.79 Å². The van der Waals surface area contributed by atoms with Gasteiger partial charge < -0.3 is 10.6 Å². The quantitative estimate of drug-likeness (QED) is 0.713. The predicted octanol–water partition coefficient (Wildman–Crippen LogP) is 2.56. The van der Waals surface area contributed by atoms with Crippen LogP contribution < -0.4 is 10.6 Å². The van der Waals surface area contributed by atoms with Crippen LogP contribution in [0.5, 0.6) is 0 Å². The Morgan fingerprint density at radius 3 is 2.67 bits per heavy atom. The van der Waals surface area contributed by atoms with Crippen molar-refractivity contribution in [1.82, 2.24) is 15.5 Å². The Balaban J connectivity index is 1.74. The van der Waals surface area contributed by atoms with Gasteiger partial charge in [0.25, 0.3) is 5.91 Å². The van der Waals surface area contributed by atoms with Gasteiger partial charge in [0.1, 0.15) is 17.6 Å². The lowest BCUT2D eigenvalue weighted by Crippen LogP contribution is -2.52. The first-order valence-corrected chi connectivity index (χ1v) is 9.71. The molecule has 1 aromatic carbocycles. The smallest absolute Gasteiger partial charge is 0.325 e. The molecule has 0 bridgehead atoms. The lowest BCUT2D eigenvalue weighted by Gasteiger charge is -2.32. The summed E-state index contributed by atoms with van der Waals surface area (Å²) in [6.45, 7) is 1.21. The van der Waals surface area contributed by atoms with Gasteiger partial charge >= 0.3 is 6.03 Å². The van der Waals surface area contributed by atoms with E-state index < -0.39 is 35.5 Å². The summed E-state index contributed by atoms with van der Waals surface area (Å²) in [6, 6.07) is 8.69. The molecular weight excluding hydrogens is 412 g/mol. The van der Waals surface area contributed by atoms with Crippen LogP contribution in [0.15, 0.2) is 28.7 Å². The molecule has 142 valence electrons. The Kier molecular flexibility index (Phi) is 5.24. The van der Waals surface area contributed by atoms with Gasteiger partial charge in [0.2, 0.25) is 5.91 Å². The van der Waals surface area contributed by atoms with Gasteiger partial charge in [-0.05, 0) is 37.5 Å². The fraction of sp³-hybridized carbons (Fsp3) is 0.474. The first-order valence-electron chi connectivity index (χ1n) is 8.92. The van der Waals surface area contributed by atoms with E-state index in [4.69, 9.17) is 0 Å². The van der Waals surface area contributed by atoms with Crippen LogP contribution in [-0.2, 0) is 15.1 Å². The highest BCUT2D eigenvalue weighted by molar-refractivity contribution is 9.10. The van der Waals surface area contributed by atoms with Gasteiger partial charge in [-0.2, -0.15) is 5.26 Å². The third-order valence-corrected chi connectivity index (χ3v) is 5.77. The monoisotopic (exact) mass is 432 g/mol.